The number of benzene rings is 1. The standard InChI is InChI=1S/C18H21N3O2/c1-12-9-13(2)20-10-16(12)18(23)21(4)11-14-5-7-15(8-6-14)17(22)19-3/h5-10H,11H2,1-4H3,(H,19,22). The normalized spacial score (nSPS) is 10.3. The Labute approximate surface area is 136 Å². The molecule has 0 saturated carbocycles. The fourth-order valence-corrected chi connectivity index (χ4v) is 2.38. The van der Waals surface area contributed by atoms with E-state index in [1.807, 2.05) is 32.0 Å². The van der Waals surface area contributed by atoms with Crippen LogP contribution < -0.4 is 5.32 Å². The lowest BCUT2D eigenvalue weighted by atomic mass is 10.1. The van der Waals surface area contributed by atoms with E-state index in [9.17, 15) is 9.59 Å². The number of hydrogen-bond donors (Lipinski definition) is 1. The summed E-state index contributed by atoms with van der Waals surface area (Å²) in [5.41, 5.74) is 3.99. The molecular formula is C18H21N3O2. The molecule has 0 bridgehead atoms. The molecule has 5 nitrogen and oxygen atoms in total. The number of hydrogen-bond acceptors (Lipinski definition) is 3. The van der Waals surface area contributed by atoms with Crippen molar-refractivity contribution >= 4 is 11.8 Å². The van der Waals surface area contributed by atoms with Gasteiger partial charge in [-0.05, 0) is 43.2 Å². The summed E-state index contributed by atoms with van der Waals surface area (Å²) in [6.07, 6.45) is 1.62. The van der Waals surface area contributed by atoms with Crippen molar-refractivity contribution in [1.29, 1.82) is 0 Å². The lowest BCUT2D eigenvalue weighted by Gasteiger charge is -2.18. The molecule has 120 valence electrons. The molecule has 1 aromatic heterocycles. The number of aromatic nitrogens is 1. The molecule has 2 amide bonds. The van der Waals surface area contributed by atoms with Crippen molar-refractivity contribution in [3.8, 4) is 0 Å². The summed E-state index contributed by atoms with van der Waals surface area (Å²) in [4.78, 5) is 29.9. The van der Waals surface area contributed by atoms with E-state index in [4.69, 9.17) is 0 Å². The van der Waals surface area contributed by atoms with Crippen LogP contribution in [0.1, 0.15) is 37.5 Å². The average molecular weight is 311 g/mol. The zero-order valence-corrected chi connectivity index (χ0v) is 13.9. The average Bonchev–Trinajstić information content (AvgIpc) is 2.54. The molecule has 0 saturated heterocycles. The number of carbonyl (C=O) groups is 2. The molecule has 0 spiro atoms. The number of amides is 2. The highest BCUT2D eigenvalue weighted by Gasteiger charge is 2.15. The minimum Gasteiger partial charge on any atom is -0.355 e. The number of carbonyl (C=O) groups excluding carboxylic acids is 2. The van der Waals surface area contributed by atoms with Crippen molar-refractivity contribution < 1.29 is 9.59 Å². The highest BCUT2D eigenvalue weighted by molar-refractivity contribution is 5.95. The van der Waals surface area contributed by atoms with Gasteiger partial charge in [0.2, 0.25) is 0 Å². The van der Waals surface area contributed by atoms with Crippen molar-refractivity contribution in [2.45, 2.75) is 20.4 Å². The molecule has 23 heavy (non-hydrogen) atoms. The van der Waals surface area contributed by atoms with Crippen LogP contribution in [-0.4, -0.2) is 35.8 Å². The monoisotopic (exact) mass is 311 g/mol. The maximum absolute atomic E-state index is 12.5. The van der Waals surface area contributed by atoms with Gasteiger partial charge in [-0.1, -0.05) is 12.1 Å². The fourth-order valence-electron chi connectivity index (χ4n) is 2.38. The van der Waals surface area contributed by atoms with Crippen LogP contribution in [0.25, 0.3) is 0 Å². The third kappa shape index (κ3) is 3.94. The molecule has 2 aromatic rings. The van der Waals surface area contributed by atoms with Gasteiger partial charge in [-0.25, -0.2) is 0 Å². The topological polar surface area (TPSA) is 62.3 Å². The predicted molar refractivity (Wildman–Crippen MR) is 89.3 cm³/mol. The summed E-state index contributed by atoms with van der Waals surface area (Å²) in [7, 11) is 3.36. The Morgan fingerprint density at radius 3 is 2.39 bits per heavy atom. The largest absolute Gasteiger partial charge is 0.355 e. The molecule has 5 heteroatoms. The van der Waals surface area contributed by atoms with E-state index in [-0.39, 0.29) is 11.8 Å². The van der Waals surface area contributed by atoms with Gasteiger partial charge in [0.25, 0.3) is 11.8 Å². The molecule has 0 radical (unpaired) electrons. The number of rotatable bonds is 4. The molecule has 0 unspecified atom stereocenters. The maximum atomic E-state index is 12.5. The SMILES string of the molecule is CNC(=O)c1ccc(CN(C)C(=O)c2cnc(C)cc2C)cc1. The van der Waals surface area contributed by atoms with E-state index >= 15 is 0 Å². The summed E-state index contributed by atoms with van der Waals surface area (Å²) >= 11 is 0. The number of aryl methyl sites for hydroxylation is 2. The van der Waals surface area contributed by atoms with Crippen LogP contribution in [0.5, 0.6) is 0 Å². The summed E-state index contributed by atoms with van der Waals surface area (Å²) in [6, 6.07) is 9.12. The van der Waals surface area contributed by atoms with E-state index in [1.54, 1.807) is 37.3 Å². The number of pyridine rings is 1. The first-order valence-electron chi connectivity index (χ1n) is 7.42. The molecule has 1 N–H and O–H groups in total. The lowest BCUT2D eigenvalue weighted by molar-refractivity contribution is 0.0783. The van der Waals surface area contributed by atoms with Crippen LogP contribution in [0.15, 0.2) is 36.5 Å². The molecule has 2 rings (SSSR count). The highest BCUT2D eigenvalue weighted by atomic mass is 16.2. The molecule has 1 heterocycles. The van der Waals surface area contributed by atoms with Gasteiger partial charge in [0.15, 0.2) is 0 Å². The molecule has 0 aliphatic heterocycles. The van der Waals surface area contributed by atoms with Gasteiger partial charge in [-0.2, -0.15) is 0 Å². The molecule has 0 aliphatic carbocycles. The third-order valence-electron chi connectivity index (χ3n) is 3.69. The summed E-state index contributed by atoms with van der Waals surface area (Å²) in [5, 5.41) is 2.58. The van der Waals surface area contributed by atoms with Crippen molar-refractivity contribution in [1.82, 2.24) is 15.2 Å². The van der Waals surface area contributed by atoms with Crippen LogP contribution in [0, 0.1) is 13.8 Å². The first-order valence-corrected chi connectivity index (χ1v) is 7.42. The van der Waals surface area contributed by atoms with E-state index < -0.39 is 0 Å². The Morgan fingerprint density at radius 1 is 1.17 bits per heavy atom. The predicted octanol–water partition coefficient (Wildman–Crippen LogP) is 2.33. The second kappa shape index (κ2) is 7.05. The summed E-state index contributed by atoms with van der Waals surface area (Å²) < 4.78 is 0. The highest BCUT2D eigenvalue weighted by Crippen LogP contribution is 2.13. The summed E-state index contributed by atoms with van der Waals surface area (Å²) in [6.45, 7) is 4.28. The Morgan fingerprint density at radius 2 is 1.83 bits per heavy atom. The lowest BCUT2D eigenvalue weighted by Crippen LogP contribution is -2.27. The van der Waals surface area contributed by atoms with Crippen molar-refractivity contribution in [2.75, 3.05) is 14.1 Å². The van der Waals surface area contributed by atoms with Crippen molar-refractivity contribution in [3.05, 3.63) is 64.5 Å². The Kier molecular flexibility index (Phi) is 5.11. The molecule has 0 fully saturated rings. The van der Waals surface area contributed by atoms with Gasteiger partial charge in [-0.15, -0.1) is 0 Å². The van der Waals surface area contributed by atoms with E-state index in [0.29, 0.717) is 17.7 Å². The Hall–Kier alpha value is -2.69. The third-order valence-corrected chi connectivity index (χ3v) is 3.69. The van der Waals surface area contributed by atoms with Gasteiger partial charge in [0.05, 0.1) is 5.56 Å². The van der Waals surface area contributed by atoms with Gasteiger partial charge in [0.1, 0.15) is 0 Å². The zero-order chi connectivity index (χ0) is 17.0. The summed E-state index contributed by atoms with van der Waals surface area (Å²) in [5.74, 6) is -0.187. The first kappa shape index (κ1) is 16.7. The second-order valence-electron chi connectivity index (χ2n) is 5.58. The zero-order valence-electron chi connectivity index (χ0n) is 13.9. The molecular weight excluding hydrogens is 290 g/mol. The van der Waals surface area contributed by atoms with Crippen LogP contribution in [-0.2, 0) is 6.54 Å². The second-order valence-corrected chi connectivity index (χ2v) is 5.58. The van der Waals surface area contributed by atoms with Crippen LogP contribution in [0.2, 0.25) is 0 Å². The Balaban J connectivity index is 2.10. The van der Waals surface area contributed by atoms with Gasteiger partial charge in [0, 0.05) is 38.1 Å². The minimum absolute atomic E-state index is 0.0645. The first-order chi connectivity index (χ1) is 10.9. The van der Waals surface area contributed by atoms with Gasteiger partial charge < -0.3 is 10.2 Å². The fraction of sp³-hybridized carbons (Fsp3) is 0.278. The molecule has 1 aromatic carbocycles. The molecule has 0 atom stereocenters. The van der Waals surface area contributed by atoms with Crippen LogP contribution in [0.3, 0.4) is 0 Å². The minimum atomic E-state index is -0.123. The number of nitrogens with zero attached hydrogens (tertiary/aromatic N) is 2. The van der Waals surface area contributed by atoms with E-state index in [0.717, 1.165) is 16.8 Å². The van der Waals surface area contributed by atoms with Crippen LogP contribution in [0.4, 0.5) is 0 Å². The van der Waals surface area contributed by atoms with Gasteiger partial charge >= 0.3 is 0 Å². The van der Waals surface area contributed by atoms with Crippen molar-refractivity contribution in [2.24, 2.45) is 0 Å². The quantitative estimate of drug-likeness (QED) is 0.942. The smallest absolute Gasteiger partial charge is 0.255 e. The van der Waals surface area contributed by atoms with Gasteiger partial charge in [-0.3, -0.25) is 14.6 Å². The molecule has 0 aliphatic rings. The Bertz CT molecular complexity index is 724. The number of nitrogens with one attached hydrogen (secondary N) is 1. The van der Waals surface area contributed by atoms with Crippen LogP contribution >= 0.6 is 0 Å². The van der Waals surface area contributed by atoms with E-state index in [1.165, 1.54) is 0 Å². The maximum Gasteiger partial charge on any atom is 0.255 e. The van der Waals surface area contributed by atoms with Crippen molar-refractivity contribution in [3.63, 3.8) is 0 Å². The van der Waals surface area contributed by atoms with E-state index in [2.05, 4.69) is 10.3 Å².